The Morgan fingerprint density at radius 1 is 1.23 bits per heavy atom. The fourth-order valence-corrected chi connectivity index (χ4v) is 5.14. The molecule has 136 valence electrons. The second kappa shape index (κ2) is 6.54. The lowest BCUT2D eigenvalue weighted by atomic mass is 9.98. The Labute approximate surface area is 158 Å². The molecular weight excluding hydrogens is 344 g/mol. The molecule has 3 heterocycles. The third kappa shape index (κ3) is 2.75. The second-order valence-electron chi connectivity index (χ2n) is 7.38. The van der Waals surface area contributed by atoms with Crippen LogP contribution in [0.1, 0.15) is 41.0 Å². The zero-order valence-corrected chi connectivity index (χ0v) is 16.3. The van der Waals surface area contributed by atoms with Gasteiger partial charge in [0.15, 0.2) is 0 Å². The summed E-state index contributed by atoms with van der Waals surface area (Å²) in [6.07, 6.45) is 1.23. The van der Waals surface area contributed by atoms with Crippen LogP contribution in [0.15, 0.2) is 29.6 Å². The minimum absolute atomic E-state index is 0.0536. The zero-order valence-electron chi connectivity index (χ0n) is 15.5. The molecule has 0 saturated carbocycles. The number of hydrogen-bond donors (Lipinski definition) is 0. The van der Waals surface area contributed by atoms with Crippen LogP contribution in [0.4, 0.5) is 5.69 Å². The molecule has 1 saturated heterocycles. The maximum absolute atomic E-state index is 13.2. The first-order valence-corrected chi connectivity index (χ1v) is 10.1. The molecular formula is C21H24N2O2S. The fraction of sp³-hybridized carbons (Fsp3) is 0.429. The molecule has 2 atom stereocenters. The van der Waals surface area contributed by atoms with Crippen molar-refractivity contribution in [2.75, 3.05) is 18.0 Å². The van der Waals surface area contributed by atoms with Crippen molar-refractivity contribution in [3.05, 3.63) is 51.2 Å². The van der Waals surface area contributed by atoms with Crippen molar-refractivity contribution in [3.8, 4) is 0 Å². The van der Waals surface area contributed by atoms with Gasteiger partial charge in [0.25, 0.3) is 0 Å². The number of carbonyl (C=O) groups is 2. The van der Waals surface area contributed by atoms with Crippen LogP contribution >= 0.6 is 11.3 Å². The third-order valence-electron chi connectivity index (χ3n) is 5.90. The quantitative estimate of drug-likeness (QED) is 0.807. The summed E-state index contributed by atoms with van der Waals surface area (Å²) in [6, 6.07) is 8.24. The lowest BCUT2D eigenvalue weighted by molar-refractivity contribution is -0.138. The number of aryl methyl sites for hydroxylation is 1. The van der Waals surface area contributed by atoms with Crippen molar-refractivity contribution in [3.63, 3.8) is 0 Å². The molecule has 4 nitrogen and oxygen atoms in total. The Hall–Kier alpha value is -2.14. The van der Waals surface area contributed by atoms with Gasteiger partial charge in [0.2, 0.25) is 11.8 Å². The third-order valence-corrected chi connectivity index (χ3v) is 6.90. The van der Waals surface area contributed by atoms with Gasteiger partial charge in [-0.3, -0.25) is 9.59 Å². The van der Waals surface area contributed by atoms with E-state index in [4.69, 9.17) is 0 Å². The lowest BCUT2D eigenvalue weighted by Crippen LogP contribution is -2.42. The van der Waals surface area contributed by atoms with Gasteiger partial charge in [0.1, 0.15) is 0 Å². The van der Waals surface area contributed by atoms with E-state index >= 15 is 0 Å². The molecule has 5 heteroatoms. The minimum atomic E-state index is -0.245. The number of thiophene rings is 1. The first-order valence-electron chi connectivity index (χ1n) is 9.20. The highest BCUT2D eigenvalue weighted by atomic mass is 32.1. The van der Waals surface area contributed by atoms with Crippen molar-refractivity contribution < 1.29 is 9.59 Å². The molecule has 0 aliphatic carbocycles. The molecule has 0 spiro atoms. The van der Waals surface area contributed by atoms with E-state index in [-0.39, 0.29) is 23.8 Å². The van der Waals surface area contributed by atoms with Gasteiger partial charge in [-0.15, -0.1) is 11.3 Å². The van der Waals surface area contributed by atoms with Gasteiger partial charge in [-0.2, -0.15) is 0 Å². The van der Waals surface area contributed by atoms with Gasteiger partial charge in [-0.05, 0) is 61.4 Å². The number of benzene rings is 1. The molecule has 2 amide bonds. The Morgan fingerprint density at radius 3 is 2.85 bits per heavy atom. The summed E-state index contributed by atoms with van der Waals surface area (Å²) in [5.74, 6) is -0.0708. The van der Waals surface area contributed by atoms with E-state index in [1.54, 1.807) is 16.2 Å². The fourth-order valence-electron chi connectivity index (χ4n) is 4.18. The SMILES string of the molecule is Cc1cccc(N2CC(C(=O)N3CCc4sccc4C3C)CC2=O)c1C. The van der Waals surface area contributed by atoms with Crippen molar-refractivity contribution in [2.45, 2.75) is 39.7 Å². The predicted molar refractivity (Wildman–Crippen MR) is 105 cm³/mol. The predicted octanol–water partition coefficient (Wildman–Crippen LogP) is 3.86. The van der Waals surface area contributed by atoms with Crippen LogP contribution in [0.2, 0.25) is 0 Å². The number of carbonyl (C=O) groups excluding carboxylic acids is 2. The number of hydrogen-bond acceptors (Lipinski definition) is 3. The molecule has 2 aliphatic heterocycles. The Balaban J connectivity index is 1.54. The first-order chi connectivity index (χ1) is 12.5. The van der Waals surface area contributed by atoms with Gasteiger partial charge >= 0.3 is 0 Å². The van der Waals surface area contributed by atoms with Crippen LogP contribution in [0, 0.1) is 19.8 Å². The molecule has 2 aliphatic rings. The van der Waals surface area contributed by atoms with Gasteiger partial charge in [-0.25, -0.2) is 0 Å². The van der Waals surface area contributed by atoms with E-state index in [1.807, 2.05) is 24.0 Å². The molecule has 0 N–H and O–H groups in total. The van der Waals surface area contributed by atoms with E-state index in [2.05, 4.69) is 31.4 Å². The van der Waals surface area contributed by atoms with Crippen LogP contribution in [0.3, 0.4) is 0 Å². The summed E-state index contributed by atoms with van der Waals surface area (Å²) in [6.45, 7) is 7.43. The molecule has 1 aromatic heterocycles. The van der Waals surface area contributed by atoms with E-state index in [9.17, 15) is 9.59 Å². The largest absolute Gasteiger partial charge is 0.335 e. The molecule has 0 bridgehead atoms. The van der Waals surface area contributed by atoms with E-state index in [0.717, 1.165) is 24.2 Å². The monoisotopic (exact) mass is 368 g/mol. The number of amides is 2. The highest BCUT2D eigenvalue weighted by Crippen LogP contribution is 2.36. The molecule has 26 heavy (non-hydrogen) atoms. The maximum Gasteiger partial charge on any atom is 0.228 e. The summed E-state index contributed by atoms with van der Waals surface area (Å²) in [4.78, 5) is 31.0. The van der Waals surface area contributed by atoms with Crippen molar-refractivity contribution in [1.82, 2.24) is 4.90 Å². The molecule has 1 aromatic carbocycles. The van der Waals surface area contributed by atoms with Crippen molar-refractivity contribution in [1.29, 1.82) is 0 Å². The average Bonchev–Trinajstić information content (AvgIpc) is 3.24. The summed E-state index contributed by atoms with van der Waals surface area (Å²) < 4.78 is 0. The van der Waals surface area contributed by atoms with Crippen LogP contribution in [0.5, 0.6) is 0 Å². The second-order valence-corrected chi connectivity index (χ2v) is 8.38. The zero-order chi connectivity index (χ0) is 18.4. The highest BCUT2D eigenvalue weighted by Gasteiger charge is 2.40. The highest BCUT2D eigenvalue weighted by molar-refractivity contribution is 7.10. The van der Waals surface area contributed by atoms with Gasteiger partial charge in [-0.1, -0.05) is 12.1 Å². The van der Waals surface area contributed by atoms with Crippen LogP contribution in [-0.4, -0.2) is 29.8 Å². The smallest absolute Gasteiger partial charge is 0.228 e. The minimum Gasteiger partial charge on any atom is -0.335 e. The van der Waals surface area contributed by atoms with E-state index in [1.165, 1.54) is 16.0 Å². The Bertz CT molecular complexity index is 873. The number of fused-ring (bicyclic) bond motifs is 1. The normalized spacial score (nSPS) is 22.7. The van der Waals surface area contributed by atoms with E-state index < -0.39 is 0 Å². The molecule has 1 fully saturated rings. The van der Waals surface area contributed by atoms with Crippen molar-refractivity contribution in [2.24, 2.45) is 5.92 Å². The lowest BCUT2D eigenvalue weighted by Gasteiger charge is -2.35. The first kappa shape index (κ1) is 17.3. The Morgan fingerprint density at radius 2 is 2.04 bits per heavy atom. The summed E-state index contributed by atoms with van der Waals surface area (Å²) >= 11 is 1.78. The number of rotatable bonds is 2. The van der Waals surface area contributed by atoms with Crippen LogP contribution in [-0.2, 0) is 16.0 Å². The van der Waals surface area contributed by atoms with E-state index in [0.29, 0.717) is 13.0 Å². The summed E-state index contributed by atoms with van der Waals surface area (Å²) in [7, 11) is 0. The summed E-state index contributed by atoms with van der Waals surface area (Å²) in [5.41, 5.74) is 4.49. The molecule has 2 unspecified atom stereocenters. The van der Waals surface area contributed by atoms with Crippen LogP contribution < -0.4 is 4.90 Å². The average molecular weight is 369 g/mol. The molecule has 2 aromatic rings. The standard InChI is InChI=1S/C21H24N2O2S/c1-13-5-4-6-18(14(13)2)23-12-16(11-20(23)24)21(25)22-9-7-19-17(15(22)3)8-10-26-19/h4-6,8,10,15-16H,7,9,11-12H2,1-3H3. The van der Waals surface area contributed by atoms with Gasteiger partial charge < -0.3 is 9.80 Å². The van der Waals surface area contributed by atoms with Gasteiger partial charge in [0, 0.05) is 30.1 Å². The van der Waals surface area contributed by atoms with Crippen molar-refractivity contribution >= 4 is 28.8 Å². The van der Waals surface area contributed by atoms with Crippen LogP contribution in [0.25, 0.3) is 0 Å². The van der Waals surface area contributed by atoms with Gasteiger partial charge in [0.05, 0.1) is 12.0 Å². The summed E-state index contributed by atoms with van der Waals surface area (Å²) in [5, 5.41) is 2.11. The number of nitrogens with zero attached hydrogens (tertiary/aromatic N) is 2. The molecule has 0 radical (unpaired) electrons. The topological polar surface area (TPSA) is 40.6 Å². The Kier molecular flexibility index (Phi) is 4.35. The molecule has 4 rings (SSSR count). The number of anilines is 1. The maximum atomic E-state index is 13.2.